The quantitative estimate of drug-likeness (QED) is 0.916. The number of thiazole rings is 1. The zero-order valence-corrected chi connectivity index (χ0v) is 12.0. The summed E-state index contributed by atoms with van der Waals surface area (Å²) in [5.41, 5.74) is 7.78. The normalized spacial score (nSPS) is 15.7. The highest BCUT2D eigenvalue weighted by atomic mass is 79.9. The van der Waals surface area contributed by atoms with Gasteiger partial charge in [0, 0.05) is 14.9 Å². The second kappa shape index (κ2) is 4.72. The van der Waals surface area contributed by atoms with Crippen LogP contribution in [0.1, 0.15) is 33.6 Å². The average molecular weight is 327 g/mol. The van der Waals surface area contributed by atoms with E-state index in [1.807, 2.05) is 0 Å². The van der Waals surface area contributed by atoms with Crippen LogP contribution < -0.4 is 5.73 Å². The summed E-state index contributed by atoms with van der Waals surface area (Å²) in [5.74, 6) is -0.277. The molecule has 1 aliphatic rings. The van der Waals surface area contributed by atoms with Crippen molar-refractivity contribution in [3.63, 3.8) is 0 Å². The molecule has 0 fully saturated rings. The Labute approximate surface area is 117 Å². The highest BCUT2D eigenvalue weighted by Crippen LogP contribution is 2.33. The van der Waals surface area contributed by atoms with Gasteiger partial charge in [-0.15, -0.1) is 11.3 Å². The third-order valence-electron chi connectivity index (χ3n) is 3.17. The summed E-state index contributed by atoms with van der Waals surface area (Å²) >= 11 is 4.96. The molecule has 1 aromatic carbocycles. The van der Waals surface area contributed by atoms with Crippen LogP contribution in [-0.2, 0) is 12.8 Å². The molecule has 0 aliphatic heterocycles. The van der Waals surface area contributed by atoms with Crippen molar-refractivity contribution in [1.29, 1.82) is 0 Å². The van der Waals surface area contributed by atoms with E-state index >= 15 is 0 Å². The number of fused-ring (bicyclic) bond motifs is 1. The molecule has 0 saturated heterocycles. The molecular weight excluding hydrogens is 315 g/mol. The van der Waals surface area contributed by atoms with Crippen molar-refractivity contribution in [2.75, 3.05) is 0 Å². The maximum absolute atomic E-state index is 13.8. The molecule has 94 valence electrons. The highest BCUT2D eigenvalue weighted by molar-refractivity contribution is 9.10. The lowest BCUT2D eigenvalue weighted by molar-refractivity contribution is 0.598. The summed E-state index contributed by atoms with van der Waals surface area (Å²) in [6.07, 6.45) is 3.29. The first-order valence-electron chi connectivity index (χ1n) is 5.84. The van der Waals surface area contributed by atoms with E-state index in [1.165, 1.54) is 17.4 Å². The summed E-state index contributed by atoms with van der Waals surface area (Å²) in [6.45, 7) is 0. The minimum atomic E-state index is -0.474. The number of aryl methyl sites for hydroxylation is 2. The van der Waals surface area contributed by atoms with Crippen molar-refractivity contribution in [3.05, 3.63) is 49.6 Å². The predicted molar refractivity (Wildman–Crippen MR) is 74.3 cm³/mol. The third-order valence-corrected chi connectivity index (χ3v) is 4.91. The fourth-order valence-corrected chi connectivity index (χ4v) is 3.78. The fraction of sp³-hybridized carbons (Fsp3) is 0.308. The lowest BCUT2D eigenvalue weighted by Gasteiger charge is -2.10. The van der Waals surface area contributed by atoms with Crippen LogP contribution in [-0.4, -0.2) is 4.98 Å². The van der Waals surface area contributed by atoms with Crippen molar-refractivity contribution >= 4 is 27.3 Å². The molecular formula is C13H12BrFN2S. The Morgan fingerprint density at radius 1 is 1.39 bits per heavy atom. The first kappa shape index (κ1) is 12.3. The van der Waals surface area contributed by atoms with Gasteiger partial charge in [-0.3, -0.25) is 0 Å². The van der Waals surface area contributed by atoms with Crippen LogP contribution in [0.3, 0.4) is 0 Å². The minimum absolute atomic E-state index is 0.277. The van der Waals surface area contributed by atoms with E-state index in [9.17, 15) is 4.39 Å². The number of halogens is 2. The fourth-order valence-electron chi connectivity index (χ4n) is 2.23. The molecule has 5 heteroatoms. The van der Waals surface area contributed by atoms with Gasteiger partial charge in [-0.25, -0.2) is 9.37 Å². The standard InChI is InChI=1S/C13H12BrFN2S/c14-7-4-5-9(15)8(6-7)12(16)13-17-10-2-1-3-11(10)18-13/h4-6,12H,1-3,16H2. The van der Waals surface area contributed by atoms with Crippen LogP contribution >= 0.6 is 27.3 Å². The maximum Gasteiger partial charge on any atom is 0.128 e. The smallest absolute Gasteiger partial charge is 0.128 e. The van der Waals surface area contributed by atoms with E-state index in [-0.39, 0.29) is 5.82 Å². The lowest BCUT2D eigenvalue weighted by atomic mass is 10.1. The van der Waals surface area contributed by atoms with E-state index in [0.717, 1.165) is 28.0 Å². The van der Waals surface area contributed by atoms with Gasteiger partial charge in [0.1, 0.15) is 10.8 Å². The van der Waals surface area contributed by atoms with Gasteiger partial charge in [0.2, 0.25) is 0 Å². The largest absolute Gasteiger partial charge is 0.318 e. The van der Waals surface area contributed by atoms with Crippen LogP contribution in [0.5, 0.6) is 0 Å². The average Bonchev–Trinajstić information content (AvgIpc) is 2.91. The minimum Gasteiger partial charge on any atom is -0.318 e. The number of benzene rings is 1. The van der Waals surface area contributed by atoms with Crippen LogP contribution in [0.15, 0.2) is 22.7 Å². The zero-order valence-electron chi connectivity index (χ0n) is 9.62. The Balaban J connectivity index is 1.98. The van der Waals surface area contributed by atoms with Gasteiger partial charge in [0.15, 0.2) is 0 Å². The SMILES string of the molecule is NC(c1nc2c(s1)CCC2)c1cc(Br)ccc1F. The Bertz CT molecular complexity index is 575. The summed E-state index contributed by atoms with van der Waals surface area (Å²) in [6, 6.07) is 4.36. The molecule has 0 saturated carbocycles. The van der Waals surface area contributed by atoms with Crippen LogP contribution in [0.2, 0.25) is 0 Å². The van der Waals surface area contributed by atoms with E-state index in [1.54, 1.807) is 23.5 Å². The van der Waals surface area contributed by atoms with Gasteiger partial charge in [-0.2, -0.15) is 0 Å². The second-order valence-electron chi connectivity index (χ2n) is 4.42. The van der Waals surface area contributed by atoms with Gasteiger partial charge >= 0.3 is 0 Å². The van der Waals surface area contributed by atoms with Gasteiger partial charge < -0.3 is 5.73 Å². The molecule has 1 aromatic heterocycles. The zero-order chi connectivity index (χ0) is 12.7. The second-order valence-corrected chi connectivity index (χ2v) is 6.45. The van der Waals surface area contributed by atoms with Crippen LogP contribution in [0.4, 0.5) is 4.39 Å². The molecule has 2 N–H and O–H groups in total. The van der Waals surface area contributed by atoms with E-state index < -0.39 is 6.04 Å². The molecule has 3 rings (SSSR count). The molecule has 1 atom stereocenters. The lowest BCUT2D eigenvalue weighted by Crippen LogP contribution is -2.13. The van der Waals surface area contributed by atoms with E-state index in [4.69, 9.17) is 5.73 Å². The summed E-state index contributed by atoms with van der Waals surface area (Å²) in [5, 5.41) is 0.816. The van der Waals surface area contributed by atoms with Crippen LogP contribution in [0.25, 0.3) is 0 Å². The van der Waals surface area contributed by atoms with Gasteiger partial charge in [0.05, 0.1) is 11.7 Å². The molecule has 0 amide bonds. The molecule has 1 aliphatic carbocycles. The Hall–Kier alpha value is -0.780. The summed E-state index contributed by atoms with van der Waals surface area (Å²) in [4.78, 5) is 5.87. The number of aromatic nitrogens is 1. The summed E-state index contributed by atoms with van der Waals surface area (Å²) < 4.78 is 14.6. The monoisotopic (exact) mass is 326 g/mol. The molecule has 1 heterocycles. The Morgan fingerprint density at radius 3 is 3.00 bits per heavy atom. The highest BCUT2D eigenvalue weighted by Gasteiger charge is 2.22. The molecule has 0 bridgehead atoms. The predicted octanol–water partition coefficient (Wildman–Crippen LogP) is 3.58. The molecule has 0 spiro atoms. The van der Waals surface area contributed by atoms with E-state index in [0.29, 0.717) is 5.56 Å². The van der Waals surface area contributed by atoms with Crippen molar-refractivity contribution in [1.82, 2.24) is 4.98 Å². The molecule has 1 unspecified atom stereocenters. The summed E-state index contributed by atoms with van der Waals surface area (Å²) in [7, 11) is 0. The molecule has 0 radical (unpaired) electrons. The third kappa shape index (κ3) is 2.11. The number of hydrogen-bond donors (Lipinski definition) is 1. The van der Waals surface area contributed by atoms with Crippen molar-refractivity contribution in [2.24, 2.45) is 5.73 Å². The van der Waals surface area contributed by atoms with Crippen molar-refractivity contribution in [3.8, 4) is 0 Å². The van der Waals surface area contributed by atoms with E-state index in [2.05, 4.69) is 20.9 Å². The molecule has 2 nitrogen and oxygen atoms in total. The van der Waals surface area contributed by atoms with Crippen molar-refractivity contribution in [2.45, 2.75) is 25.3 Å². The molecule has 2 aromatic rings. The van der Waals surface area contributed by atoms with Gasteiger partial charge in [-0.1, -0.05) is 15.9 Å². The number of nitrogens with zero attached hydrogens (tertiary/aromatic N) is 1. The van der Waals surface area contributed by atoms with Gasteiger partial charge in [-0.05, 0) is 37.5 Å². The van der Waals surface area contributed by atoms with Gasteiger partial charge in [0.25, 0.3) is 0 Å². The number of rotatable bonds is 2. The maximum atomic E-state index is 13.8. The first-order chi connectivity index (χ1) is 8.65. The topological polar surface area (TPSA) is 38.9 Å². The molecule has 18 heavy (non-hydrogen) atoms. The number of nitrogens with two attached hydrogens (primary N) is 1. The Morgan fingerprint density at radius 2 is 2.22 bits per heavy atom. The Kier molecular flexibility index (Phi) is 3.21. The first-order valence-corrected chi connectivity index (χ1v) is 7.45. The van der Waals surface area contributed by atoms with Crippen molar-refractivity contribution < 1.29 is 4.39 Å². The number of hydrogen-bond acceptors (Lipinski definition) is 3. The van der Waals surface area contributed by atoms with Crippen LogP contribution in [0, 0.1) is 5.82 Å².